The van der Waals surface area contributed by atoms with Crippen molar-refractivity contribution >= 4 is 20.2 Å². The molecule has 0 saturated carbocycles. The summed E-state index contributed by atoms with van der Waals surface area (Å²) < 4.78 is 123. The molecule has 12 nitrogen and oxygen atoms in total. The summed E-state index contributed by atoms with van der Waals surface area (Å²) in [6.07, 6.45) is 3.58. The molecule has 0 saturated heterocycles. The van der Waals surface area contributed by atoms with E-state index in [4.69, 9.17) is 45.9 Å². The number of pyridine rings is 4. The third-order valence-corrected chi connectivity index (χ3v) is 8.16. The molecule has 0 fully saturated rings. The van der Waals surface area contributed by atoms with Crippen molar-refractivity contribution in [1.29, 1.82) is 5.26 Å². The third kappa shape index (κ3) is 17.5. The van der Waals surface area contributed by atoms with Gasteiger partial charge in [0, 0.05) is 43.7 Å². The summed E-state index contributed by atoms with van der Waals surface area (Å²) in [4.78, 5) is 18.9. The van der Waals surface area contributed by atoms with Crippen LogP contribution in [0.2, 0.25) is 0 Å². The number of nitriles is 1. The van der Waals surface area contributed by atoms with Gasteiger partial charge in [0.25, 0.3) is 0 Å². The van der Waals surface area contributed by atoms with E-state index < -0.39 is 31.3 Å². The molecule has 0 bridgehead atoms. The van der Waals surface area contributed by atoms with Crippen LogP contribution in [0.15, 0.2) is 134 Å². The van der Waals surface area contributed by atoms with Crippen LogP contribution in [0, 0.1) is 11.3 Å². The van der Waals surface area contributed by atoms with Crippen LogP contribution < -0.4 is 0 Å². The first-order chi connectivity index (χ1) is 28.2. The number of hydrogen-bond donors (Lipinski definition) is 0. The van der Waals surface area contributed by atoms with Gasteiger partial charge in [-0.25, -0.2) is 26.8 Å². The predicted octanol–water partition coefficient (Wildman–Crippen LogP) is 9.27. The van der Waals surface area contributed by atoms with Crippen molar-refractivity contribution < 1.29 is 73.8 Å². The fourth-order valence-corrected chi connectivity index (χ4v) is 4.57. The average molecular weight is 935 g/mol. The molecule has 0 unspecified atom stereocenters. The number of hydrogen-bond acceptors (Lipinski definition) is 12. The van der Waals surface area contributed by atoms with Crippen LogP contribution in [0.5, 0.6) is 0 Å². The van der Waals surface area contributed by atoms with Crippen LogP contribution in [0.25, 0.3) is 56.4 Å². The zero-order valence-corrected chi connectivity index (χ0v) is 34.8. The summed E-state index contributed by atoms with van der Waals surface area (Å²) in [5.41, 5.74) is -1.76. The zero-order chi connectivity index (χ0) is 45.0. The fraction of sp³-hybridized carbons (Fsp3) is 0.175. The molecular weight excluding hydrogens is 900 g/mol. The molecule has 1 radical (unpaired) electrons. The Hall–Kier alpha value is -5.60. The summed E-state index contributed by atoms with van der Waals surface area (Å²) in [7, 11) is -12.2. The van der Waals surface area contributed by atoms with Crippen molar-refractivity contribution in [2.75, 3.05) is 13.2 Å². The average Bonchev–Trinajstić information content (AvgIpc) is 3.21. The van der Waals surface area contributed by atoms with Gasteiger partial charge in [-0.15, -0.1) is 0 Å². The fourth-order valence-electron chi connectivity index (χ4n) is 4.57. The second-order valence-corrected chi connectivity index (χ2v) is 13.9. The Morgan fingerprint density at radius 3 is 1.03 bits per heavy atom. The van der Waals surface area contributed by atoms with Gasteiger partial charge in [-0.3, -0.25) is 9.97 Å². The van der Waals surface area contributed by atoms with Crippen molar-refractivity contribution in [3.8, 4) is 62.5 Å². The van der Waals surface area contributed by atoms with Crippen LogP contribution in [0.1, 0.15) is 20.8 Å². The Labute approximate surface area is 359 Å². The molecule has 0 aliphatic heterocycles. The molecule has 0 N–H and O–H groups in total. The Morgan fingerprint density at radius 1 is 0.525 bits per heavy atom. The van der Waals surface area contributed by atoms with Gasteiger partial charge in [-0.1, -0.05) is 72.8 Å². The van der Waals surface area contributed by atoms with Gasteiger partial charge in [0.1, 0.15) is 0 Å². The number of halogens is 6. The minimum absolute atomic E-state index is 0. The molecule has 0 amide bonds. The van der Waals surface area contributed by atoms with Crippen LogP contribution in [-0.4, -0.2) is 70.1 Å². The van der Waals surface area contributed by atoms with E-state index in [9.17, 15) is 26.3 Å². The van der Waals surface area contributed by atoms with Gasteiger partial charge in [0.05, 0.1) is 40.2 Å². The first-order valence-electron chi connectivity index (χ1n) is 17.1. The number of nitrogens with zero attached hydrogens (tertiary/aromatic N) is 5. The first kappa shape index (κ1) is 53.4. The number of alkyl halides is 6. The van der Waals surface area contributed by atoms with E-state index in [0.717, 1.165) is 69.6 Å². The third-order valence-electron chi connectivity index (χ3n) is 7.02. The second-order valence-electron chi connectivity index (χ2n) is 11.1. The molecule has 61 heavy (non-hydrogen) atoms. The first-order valence-corrected chi connectivity index (χ1v) is 19.9. The number of ether oxygens (including phenoxy) is 1. The standard InChI is InChI=1S/C32H22N4.C4H10O.C2H3N.2CHF3O3S.Co/c1-3-13-25(27-17-9-19-31(35-27)29-15-5-7-21-33-29)23(11-1)24-12-2-4-14-26(24)28-18-10-20-32(36-28)30-16-6-8-22-34-30;1-3-5-4-2;1-2-3;2*2-1(3,4)8(5,6)7;/h1-22H;3-4H2,1-2H3;1H3;2*(H,5,6,7);/q;;;;;+2/p-2. The van der Waals surface area contributed by atoms with Gasteiger partial charge in [0.2, 0.25) is 0 Å². The van der Waals surface area contributed by atoms with Crippen LogP contribution in [-0.2, 0) is 41.8 Å². The summed E-state index contributed by atoms with van der Waals surface area (Å²) in [6.45, 7) is 7.10. The maximum absolute atomic E-state index is 10.7. The van der Waals surface area contributed by atoms with E-state index in [1.807, 2.05) is 86.6 Å². The van der Waals surface area contributed by atoms with Gasteiger partial charge in [-0.2, -0.15) is 31.6 Å². The zero-order valence-electron chi connectivity index (χ0n) is 32.1. The smallest absolute Gasteiger partial charge is 0.741 e. The molecule has 6 rings (SSSR count). The Kier molecular flexibility index (Phi) is 22.1. The SMILES string of the molecule is CC#N.CCOCC.O=S(=O)([O-])C(F)(F)F.O=S(=O)([O-])C(F)(F)F.[Co+2].c1ccc(-c2cccc(-c3ccccc3-c3ccccc3-c3cccc(-c4ccccn4)n3)n2)nc1. The van der Waals surface area contributed by atoms with Crippen molar-refractivity contribution in [2.45, 2.75) is 31.8 Å². The Morgan fingerprint density at radius 2 is 0.787 bits per heavy atom. The van der Waals surface area contributed by atoms with Crippen LogP contribution in [0.4, 0.5) is 26.3 Å². The number of benzene rings is 2. The number of rotatable bonds is 7. The second kappa shape index (κ2) is 25.2. The van der Waals surface area contributed by atoms with Crippen molar-refractivity contribution in [1.82, 2.24) is 19.9 Å². The van der Waals surface area contributed by atoms with Crippen LogP contribution in [0.3, 0.4) is 0 Å². The van der Waals surface area contributed by atoms with E-state index in [1.165, 1.54) is 6.92 Å². The van der Waals surface area contributed by atoms with E-state index in [0.29, 0.717) is 0 Å². The maximum Gasteiger partial charge on any atom is 2.00 e. The molecule has 0 aliphatic carbocycles. The van der Waals surface area contributed by atoms with Gasteiger partial charge in [0.15, 0.2) is 20.2 Å². The van der Waals surface area contributed by atoms with Gasteiger partial charge >= 0.3 is 27.8 Å². The number of aromatic nitrogens is 4. The topological polar surface area (TPSA) is 199 Å². The van der Waals surface area contributed by atoms with Gasteiger partial charge in [-0.05, 0) is 73.5 Å². The van der Waals surface area contributed by atoms with Crippen molar-refractivity contribution in [3.63, 3.8) is 0 Å². The minimum Gasteiger partial charge on any atom is -0.741 e. The van der Waals surface area contributed by atoms with E-state index >= 15 is 0 Å². The predicted molar refractivity (Wildman–Crippen MR) is 210 cm³/mol. The molecule has 21 heteroatoms. The molecular formula is C40H35CoF6N5O7S2. The largest absolute Gasteiger partial charge is 2.00 e. The molecule has 0 aliphatic rings. The molecule has 6 aromatic rings. The van der Waals surface area contributed by atoms with Gasteiger partial charge < -0.3 is 13.8 Å². The normalized spacial score (nSPS) is 10.9. The monoisotopic (exact) mass is 934 g/mol. The quantitative estimate of drug-likeness (QED) is 0.0836. The molecule has 0 spiro atoms. The van der Waals surface area contributed by atoms with Crippen molar-refractivity contribution in [2.24, 2.45) is 0 Å². The van der Waals surface area contributed by atoms with Crippen LogP contribution >= 0.6 is 0 Å². The maximum atomic E-state index is 10.7. The van der Waals surface area contributed by atoms with E-state index in [-0.39, 0.29) is 16.8 Å². The summed E-state index contributed by atoms with van der Waals surface area (Å²) in [5.74, 6) is 0. The molecule has 4 aromatic heterocycles. The summed E-state index contributed by atoms with van der Waals surface area (Å²) in [6, 6.07) is 42.4. The molecule has 2 aromatic carbocycles. The van der Waals surface area contributed by atoms with E-state index in [1.54, 1.807) is 18.5 Å². The van der Waals surface area contributed by atoms with Crippen molar-refractivity contribution in [3.05, 3.63) is 134 Å². The molecule has 0 atom stereocenters. The Bertz CT molecular complexity index is 2350. The molecule has 325 valence electrons. The van der Waals surface area contributed by atoms with E-state index in [2.05, 4.69) is 58.5 Å². The summed E-state index contributed by atoms with van der Waals surface area (Å²) in [5, 5.41) is 7.32. The Balaban J connectivity index is 0.000000613. The summed E-state index contributed by atoms with van der Waals surface area (Å²) >= 11 is 0. The molecule has 4 heterocycles. The minimum atomic E-state index is -6.09.